The van der Waals surface area contributed by atoms with E-state index in [2.05, 4.69) is 9.97 Å². The molecule has 3 N–H and O–H groups in total. The van der Waals surface area contributed by atoms with Crippen LogP contribution in [0.3, 0.4) is 0 Å². The second kappa shape index (κ2) is 9.79. The van der Waals surface area contributed by atoms with Gasteiger partial charge in [-0.15, -0.1) is 0 Å². The van der Waals surface area contributed by atoms with Crippen molar-refractivity contribution in [1.29, 1.82) is 0 Å². The molecule has 0 aliphatic heterocycles. The lowest BCUT2D eigenvalue weighted by Gasteiger charge is -2.16. The van der Waals surface area contributed by atoms with E-state index >= 15 is 0 Å². The van der Waals surface area contributed by atoms with Gasteiger partial charge in [0.2, 0.25) is 5.88 Å². The first-order chi connectivity index (χ1) is 17.0. The molecule has 8 nitrogen and oxygen atoms in total. The van der Waals surface area contributed by atoms with Crippen LogP contribution < -0.4 is 15.2 Å². The van der Waals surface area contributed by atoms with Gasteiger partial charge in [-0.3, -0.25) is 4.79 Å². The Balaban J connectivity index is 1.77. The number of nitrogen functional groups attached to an aromatic ring is 1. The van der Waals surface area contributed by atoms with Crippen molar-refractivity contribution < 1.29 is 17.9 Å². The number of hydrogen-bond acceptors (Lipinski definition) is 7. The van der Waals surface area contributed by atoms with Crippen molar-refractivity contribution in [2.75, 3.05) is 5.73 Å². The molecular formula is C27H26N4O4S. The number of aryl methyl sites for hydroxylation is 4. The van der Waals surface area contributed by atoms with Crippen LogP contribution in [0.15, 0.2) is 71.8 Å². The number of sulfonamides is 1. The molecular weight excluding hydrogens is 476 g/mol. The van der Waals surface area contributed by atoms with Crippen LogP contribution in [0.1, 0.15) is 32.6 Å². The summed E-state index contributed by atoms with van der Waals surface area (Å²) in [6.07, 6.45) is 0. The van der Waals surface area contributed by atoms with Crippen molar-refractivity contribution in [3.05, 3.63) is 94.5 Å². The first-order valence-electron chi connectivity index (χ1n) is 11.2. The molecule has 4 rings (SSSR count). The van der Waals surface area contributed by atoms with Crippen LogP contribution in [0, 0.1) is 27.7 Å². The lowest BCUT2D eigenvalue weighted by atomic mass is 10.1. The van der Waals surface area contributed by atoms with Gasteiger partial charge in [0.25, 0.3) is 15.9 Å². The summed E-state index contributed by atoms with van der Waals surface area (Å²) in [6.45, 7) is 7.76. The second-order valence-electron chi connectivity index (χ2n) is 8.58. The predicted octanol–water partition coefficient (Wildman–Crippen LogP) is 4.87. The maximum absolute atomic E-state index is 13.2. The van der Waals surface area contributed by atoms with Crippen molar-refractivity contribution in [1.82, 2.24) is 14.7 Å². The number of benzene rings is 2. The van der Waals surface area contributed by atoms with E-state index in [1.807, 2.05) is 68.8 Å². The fourth-order valence-electron chi connectivity index (χ4n) is 3.81. The Kier molecular flexibility index (Phi) is 6.76. The summed E-state index contributed by atoms with van der Waals surface area (Å²) in [7, 11) is -4.28. The van der Waals surface area contributed by atoms with Crippen LogP contribution in [0.5, 0.6) is 11.6 Å². The highest BCUT2D eigenvalue weighted by Gasteiger charge is 2.24. The van der Waals surface area contributed by atoms with Gasteiger partial charge in [0, 0.05) is 5.56 Å². The zero-order valence-electron chi connectivity index (χ0n) is 20.4. The van der Waals surface area contributed by atoms with Crippen LogP contribution in [-0.2, 0) is 10.0 Å². The zero-order chi connectivity index (χ0) is 26.0. The number of nitrogens with one attached hydrogen (secondary N) is 1. The minimum Gasteiger partial charge on any atom is -0.438 e. The fourth-order valence-corrected chi connectivity index (χ4v) is 4.75. The maximum atomic E-state index is 13.2. The van der Waals surface area contributed by atoms with E-state index < -0.39 is 15.9 Å². The lowest BCUT2D eigenvalue weighted by Crippen LogP contribution is -2.31. The molecule has 0 saturated heterocycles. The Morgan fingerprint density at radius 1 is 0.861 bits per heavy atom. The van der Waals surface area contributed by atoms with Gasteiger partial charge in [0.05, 0.1) is 5.69 Å². The van der Waals surface area contributed by atoms with Gasteiger partial charge in [-0.25, -0.2) is 14.7 Å². The number of amides is 1. The molecule has 0 spiro atoms. The minimum atomic E-state index is -4.28. The van der Waals surface area contributed by atoms with Gasteiger partial charge in [0.15, 0.2) is 5.03 Å². The average Bonchev–Trinajstić information content (AvgIpc) is 2.81. The molecule has 184 valence electrons. The summed E-state index contributed by atoms with van der Waals surface area (Å²) in [5, 5.41) is -0.368. The van der Waals surface area contributed by atoms with Gasteiger partial charge < -0.3 is 10.5 Å². The summed E-state index contributed by atoms with van der Waals surface area (Å²) in [5.74, 6) is -0.358. The number of aromatic nitrogens is 2. The Hall–Kier alpha value is -4.24. The molecule has 2 heterocycles. The number of nitrogens with two attached hydrogens (primary N) is 1. The molecule has 0 radical (unpaired) electrons. The second-order valence-corrected chi connectivity index (χ2v) is 10.2. The molecule has 4 aromatic rings. The smallest absolute Gasteiger partial charge is 0.281 e. The van der Waals surface area contributed by atoms with Crippen molar-refractivity contribution >= 4 is 21.7 Å². The van der Waals surface area contributed by atoms with E-state index in [0.29, 0.717) is 11.4 Å². The van der Waals surface area contributed by atoms with Gasteiger partial charge in [0.1, 0.15) is 17.1 Å². The quantitative estimate of drug-likeness (QED) is 0.385. The van der Waals surface area contributed by atoms with Crippen LogP contribution in [0.25, 0.3) is 11.3 Å². The topological polar surface area (TPSA) is 124 Å². The Morgan fingerprint density at radius 2 is 1.53 bits per heavy atom. The first-order valence-corrected chi connectivity index (χ1v) is 12.7. The number of hydrogen-bond donors (Lipinski definition) is 2. The van der Waals surface area contributed by atoms with Crippen molar-refractivity contribution in [2.45, 2.75) is 32.7 Å². The average molecular weight is 503 g/mol. The first kappa shape index (κ1) is 24.9. The molecule has 0 aliphatic rings. The van der Waals surface area contributed by atoms with Gasteiger partial charge in [-0.1, -0.05) is 53.6 Å². The van der Waals surface area contributed by atoms with E-state index in [1.165, 1.54) is 24.3 Å². The molecule has 2 aromatic carbocycles. The highest BCUT2D eigenvalue weighted by Crippen LogP contribution is 2.32. The van der Waals surface area contributed by atoms with Crippen LogP contribution >= 0.6 is 0 Å². The number of rotatable bonds is 6. The van der Waals surface area contributed by atoms with Gasteiger partial charge in [-0.05, 0) is 63.1 Å². The van der Waals surface area contributed by atoms with E-state index in [4.69, 9.17) is 10.5 Å². The summed E-state index contributed by atoms with van der Waals surface area (Å²) in [6, 6.07) is 18.9. The molecule has 1 amide bonds. The highest BCUT2D eigenvalue weighted by molar-refractivity contribution is 7.90. The number of carbonyl (C=O) groups is 1. The standard InChI is InChI=1S/C27H26N4O4S/c1-16-8-10-20(11-9-16)22-13-12-21(26(32)31-36(33,34)24-7-5-6-23(28)30-24)27(29-22)35-25-18(3)14-17(2)15-19(25)4/h5-15H,1-4H3,(H2,28,30)(H,31,32). The fraction of sp³-hybridized carbons (Fsp3) is 0.148. The third kappa shape index (κ3) is 5.36. The third-order valence-corrected chi connectivity index (χ3v) is 6.74. The molecule has 0 bridgehead atoms. The molecule has 2 aromatic heterocycles. The molecule has 0 unspecified atom stereocenters. The third-order valence-electron chi connectivity index (χ3n) is 5.50. The molecule has 0 saturated carbocycles. The molecule has 0 atom stereocenters. The predicted molar refractivity (Wildman–Crippen MR) is 138 cm³/mol. The van der Waals surface area contributed by atoms with E-state index in [0.717, 1.165) is 27.8 Å². The Labute approximate surface area is 210 Å². The minimum absolute atomic E-state index is 0.0173. The lowest BCUT2D eigenvalue weighted by molar-refractivity contribution is 0.0978. The molecule has 0 aliphatic carbocycles. The van der Waals surface area contributed by atoms with Crippen LogP contribution in [0.2, 0.25) is 0 Å². The molecule has 0 fully saturated rings. The molecule has 36 heavy (non-hydrogen) atoms. The van der Waals surface area contributed by atoms with Gasteiger partial charge in [-0.2, -0.15) is 8.42 Å². The maximum Gasteiger partial charge on any atom is 0.281 e. The number of ether oxygens (including phenoxy) is 1. The van der Waals surface area contributed by atoms with E-state index in [-0.39, 0.29) is 22.3 Å². The number of carbonyl (C=O) groups excluding carboxylic acids is 1. The summed E-state index contributed by atoms with van der Waals surface area (Å²) in [4.78, 5) is 21.6. The Morgan fingerprint density at radius 3 is 2.17 bits per heavy atom. The van der Waals surface area contributed by atoms with E-state index in [1.54, 1.807) is 6.07 Å². The van der Waals surface area contributed by atoms with Gasteiger partial charge >= 0.3 is 0 Å². The van der Waals surface area contributed by atoms with Crippen molar-refractivity contribution in [2.24, 2.45) is 0 Å². The SMILES string of the molecule is Cc1ccc(-c2ccc(C(=O)NS(=O)(=O)c3cccc(N)n3)c(Oc3c(C)cc(C)cc3C)n2)cc1. The number of nitrogens with zero attached hydrogens (tertiary/aromatic N) is 2. The zero-order valence-corrected chi connectivity index (χ0v) is 21.2. The molecule has 9 heteroatoms. The summed E-state index contributed by atoms with van der Waals surface area (Å²) in [5.41, 5.74) is 10.8. The van der Waals surface area contributed by atoms with Crippen LogP contribution in [0.4, 0.5) is 5.82 Å². The number of pyridine rings is 2. The van der Waals surface area contributed by atoms with Crippen molar-refractivity contribution in [3.63, 3.8) is 0 Å². The monoisotopic (exact) mass is 502 g/mol. The highest BCUT2D eigenvalue weighted by atomic mass is 32.2. The summed E-state index contributed by atoms with van der Waals surface area (Å²) < 4.78 is 33.8. The van der Waals surface area contributed by atoms with E-state index in [9.17, 15) is 13.2 Å². The largest absolute Gasteiger partial charge is 0.438 e. The number of anilines is 1. The normalized spacial score (nSPS) is 11.2. The summed E-state index contributed by atoms with van der Waals surface area (Å²) >= 11 is 0. The van der Waals surface area contributed by atoms with Crippen LogP contribution in [-0.4, -0.2) is 24.3 Å². The Bertz CT molecular complexity index is 1540. The van der Waals surface area contributed by atoms with Crippen molar-refractivity contribution in [3.8, 4) is 22.9 Å².